The van der Waals surface area contributed by atoms with Gasteiger partial charge in [0.25, 0.3) is 0 Å². The summed E-state index contributed by atoms with van der Waals surface area (Å²) in [5.74, 6) is 1.12. The zero-order valence-electron chi connectivity index (χ0n) is 12.5. The summed E-state index contributed by atoms with van der Waals surface area (Å²) in [7, 11) is 0. The Morgan fingerprint density at radius 1 is 0.667 bits per heavy atom. The van der Waals surface area contributed by atoms with Gasteiger partial charge in [-0.15, -0.1) is 20.4 Å². The highest BCUT2D eigenvalue weighted by atomic mass is 15.5. The van der Waals surface area contributed by atoms with E-state index in [2.05, 4.69) is 41.2 Å². The Hall–Kier alpha value is -3.82. The highest BCUT2D eigenvalue weighted by Crippen LogP contribution is 2.16. The molecule has 0 bridgehead atoms. The fourth-order valence-electron chi connectivity index (χ4n) is 1.92. The molecule has 0 fully saturated rings. The SMILES string of the molecule is Nc1cccc(-c2nn[nH]n2)c1.Nc1cccc(-c2nn[nH]n2)c1. The third kappa shape index (κ3) is 3.68. The molecule has 0 aliphatic rings. The number of aromatic amines is 2. The average molecular weight is 322 g/mol. The van der Waals surface area contributed by atoms with Gasteiger partial charge in [-0.25, -0.2) is 0 Å². The minimum Gasteiger partial charge on any atom is -0.399 e. The lowest BCUT2D eigenvalue weighted by Gasteiger charge is -1.94. The number of hydrogen-bond donors (Lipinski definition) is 4. The number of anilines is 2. The number of nitrogens with zero attached hydrogens (tertiary/aromatic N) is 6. The molecule has 0 saturated heterocycles. The van der Waals surface area contributed by atoms with Crippen molar-refractivity contribution >= 4 is 11.4 Å². The summed E-state index contributed by atoms with van der Waals surface area (Å²) >= 11 is 0. The van der Waals surface area contributed by atoms with E-state index in [0.29, 0.717) is 23.0 Å². The van der Waals surface area contributed by atoms with Crippen LogP contribution in [-0.4, -0.2) is 41.2 Å². The maximum Gasteiger partial charge on any atom is 0.204 e. The molecule has 24 heavy (non-hydrogen) atoms. The normalized spacial score (nSPS) is 10.0. The van der Waals surface area contributed by atoms with E-state index in [1.807, 2.05) is 36.4 Å². The molecule has 4 aromatic rings. The molecule has 10 heteroatoms. The molecule has 0 atom stereocenters. The van der Waals surface area contributed by atoms with Gasteiger partial charge in [0.2, 0.25) is 11.6 Å². The smallest absolute Gasteiger partial charge is 0.204 e. The summed E-state index contributed by atoms with van der Waals surface area (Å²) in [6.07, 6.45) is 0. The van der Waals surface area contributed by atoms with Gasteiger partial charge in [0.15, 0.2) is 0 Å². The number of aromatic nitrogens is 8. The van der Waals surface area contributed by atoms with Crippen LogP contribution >= 0.6 is 0 Å². The summed E-state index contributed by atoms with van der Waals surface area (Å²) in [6, 6.07) is 14.7. The molecular formula is C14H14N10. The molecule has 0 aliphatic carbocycles. The van der Waals surface area contributed by atoms with Gasteiger partial charge in [-0.3, -0.25) is 0 Å². The highest BCUT2D eigenvalue weighted by molar-refractivity contribution is 5.60. The van der Waals surface area contributed by atoms with Crippen LogP contribution in [0.2, 0.25) is 0 Å². The van der Waals surface area contributed by atoms with Gasteiger partial charge in [-0.05, 0) is 34.7 Å². The average Bonchev–Trinajstić information content (AvgIpc) is 3.29. The topological polar surface area (TPSA) is 161 Å². The maximum absolute atomic E-state index is 5.58. The fraction of sp³-hybridized carbons (Fsp3) is 0. The van der Waals surface area contributed by atoms with E-state index >= 15 is 0 Å². The Kier molecular flexibility index (Phi) is 4.38. The Morgan fingerprint density at radius 2 is 1.12 bits per heavy atom. The van der Waals surface area contributed by atoms with E-state index in [4.69, 9.17) is 11.5 Å². The molecule has 0 aliphatic heterocycles. The predicted octanol–water partition coefficient (Wildman–Crippen LogP) is 0.898. The van der Waals surface area contributed by atoms with Crippen LogP contribution in [0.15, 0.2) is 48.5 Å². The summed E-state index contributed by atoms with van der Waals surface area (Å²) in [5.41, 5.74) is 14.3. The zero-order chi connectivity index (χ0) is 16.8. The molecule has 2 aromatic carbocycles. The number of hydrogen-bond acceptors (Lipinski definition) is 8. The van der Waals surface area contributed by atoms with Gasteiger partial charge in [0.05, 0.1) is 0 Å². The number of nitrogens with two attached hydrogens (primary N) is 2. The van der Waals surface area contributed by atoms with E-state index in [1.165, 1.54) is 0 Å². The molecule has 10 nitrogen and oxygen atoms in total. The lowest BCUT2D eigenvalue weighted by molar-refractivity contribution is 0.881. The summed E-state index contributed by atoms with van der Waals surface area (Å²) in [4.78, 5) is 0. The lowest BCUT2D eigenvalue weighted by atomic mass is 10.2. The van der Waals surface area contributed by atoms with Crippen molar-refractivity contribution in [1.82, 2.24) is 41.2 Å². The van der Waals surface area contributed by atoms with E-state index in [0.717, 1.165) is 11.1 Å². The first-order valence-electron chi connectivity index (χ1n) is 6.91. The second kappa shape index (κ2) is 6.96. The number of rotatable bonds is 2. The van der Waals surface area contributed by atoms with E-state index in [-0.39, 0.29) is 0 Å². The van der Waals surface area contributed by atoms with Gasteiger partial charge in [-0.1, -0.05) is 24.3 Å². The van der Waals surface area contributed by atoms with Crippen LogP contribution in [0.25, 0.3) is 22.8 Å². The molecular weight excluding hydrogens is 308 g/mol. The van der Waals surface area contributed by atoms with Crippen LogP contribution in [0.1, 0.15) is 0 Å². The second-order valence-electron chi connectivity index (χ2n) is 4.72. The molecule has 0 spiro atoms. The van der Waals surface area contributed by atoms with Crippen molar-refractivity contribution in [2.75, 3.05) is 11.5 Å². The number of nitrogen functional groups attached to an aromatic ring is 2. The third-order valence-corrected chi connectivity index (χ3v) is 2.98. The Bertz CT molecular complexity index is 810. The molecule has 0 amide bonds. The Balaban J connectivity index is 0.000000141. The third-order valence-electron chi connectivity index (χ3n) is 2.98. The van der Waals surface area contributed by atoms with Crippen LogP contribution in [0.4, 0.5) is 11.4 Å². The second-order valence-corrected chi connectivity index (χ2v) is 4.72. The van der Waals surface area contributed by atoms with Crippen molar-refractivity contribution in [2.24, 2.45) is 0 Å². The van der Waals surface area contributed by atoms with Crippen molar-refractivity contribution < 1.29 is 0 Å². The first-order valence-corrected chi connectivity index (χ1v) is 6.91. The van der Waals surface area contributed by atoms with E-state index in [1.54, 1.807) is 12.1 Å². The predicted molar refractivity (Wildman–Crippen MR) is 88.1 cm³/mol. The van der Waals surface area contributed by atoms with Gasteiger partial charge >= 0.3 is 0 Å². The molecule has 0 saturated carbocycles. The van der Waals surface area contributed by atoms with Crippen molar-refractivity contribution in [3.05, 3.63) is 48.5 Å². The molecule has 0 radical (unpaired) electrons. The lowest BCUT2D eigenvalue weighted by Crippen LogP contribution is -1.86. The van der Waals surface area contributed by atoms with Gasteiger partial charge < -0.3 is 11.5 Å². The van der Waals surface area contributed by atoms with Gasteiger partial charge in [-0.2, -0.15) is 10.4 Å². The highest BCUT2D eigenvalue weighted by Gasteiger charge is 2.01. The number of benzene rings is 2. The van der Waals surface area contributed by atoms with E-state index in [9.17, 15) is 0 Å². The molecule has 6 N–H and O–H groups in total. The molecule has 2 heterocycles. The number of nitrogens with one attached hydrogen (secondary N) is 2. The summed E-state index contributed by atoms with van der Waals surface area (Å²) in [5, 5.41) is 27.0. The van der Waals surface area contributed by atoms with Crippen molar-refractivity contribution in [3.8, 4) is 22.8 Å². The minimum atomic E-state index is 0.558. The van der Waals surface area contributed by atoms with Gasteiger partial charge in [0.1, 0.15) is 0 Å². The first-order chi connectivity index (χ1) is 11.7. The monoisotopic (exact) mass is 322 g/mol. The van der Waals surface area contributed by atoms with Crippen molar-refractivity contribution in [3.63, 3.8) is 0 Å². The summed E-state index contributed by atoms with van der Waals surface area (Å²) in [6.45, 7) is 0. The quantitative estimate of drug-likeness (QED) is 0.396. The largest absolute Gasteiger partial charge is 0.399 e. The molecule has 4 rings (SSSR count). The number of tetrazole rings is 2. The van der Waals surface area contributed by atoms with Crippen LogP contribution in [0, 0.1) is 0 Å². The zero-order valence-corrected chi connectivity index (χ0v) is 12.5. The van der Waals surface area contributed by atoms with Crippen LogP contribution in [-0.2, 0) is 0 Å². The van der Waals surface area contributed by atoms with E-state index < -0.39 is 0 Å². The molecule has 120 valence electrons. The minimum absolute atomic E-state index is 0.558. The van der Waals surface area contributed by atoms with Crippen LogP contribution in [0.3, 0.4) is 0 Å². The maximum atomic E-state index is 5.58. The van der Waals surface area contributed by atoms with Gasteiger partial charge in [0, 0.05) is 22.5 Å². The Morgan fingerprint density at radius 3 is 1.46 bits per heavy atom. The van der Waals surface area contributed by atoms with Crippen molar-refractivity contribution in [2.45, 2.75) is 0 Å². The standard InChI is InChI=1S/2C7H7N5/c2*8-6-3-1-2-5(4-6)7-9-11-12-10-7/h2*1-4H,8H2,(H,9,10,11,12). The van der Waals surface area contributed by atoms with Crippen LogP contribution < -0.4 is 11.5 Å². The fourth-order valence-corrected chi connectivity index (χ4v) is 1.92. The summed E-state index contributed by atoms with van der Waals surface area (Å²) < 4.78 is 0. The molecule has 2 aromatic heterocycles. The van der Waals surface area contributed by atoms with Crippen LogP contribution in [0.5, 0.6) is 0 Å². The Labute approximate surface area is 136 Å². The first kappa shape index (κ1) is 15.1. The molecule has 0 unspecified atom stereocenters. The number of H-pyrrole nitrogens is 2. The van der Waals surface area contributed by atoms with Crippen molar-refractivity contribution in [1.29, 1.82) is 0 Å².